The molecule has 0 aliphatic carbocycles. The Labute approximate surface area is 190 Å². The second-order valence-electron chi connectivity index (χ2n) is 9.24. The van der Waals surface area contributed by atoms with Crippen LogP contribution in [-0.4, -0.2) is 53.2 Å². The van der Waals surface area contributed by atoms with Crippen LogP contribution in [0.4, 0.5) is 0 Å². The van der Waals surface area contributed by atoms with Crippen molar-refractivity contribution in [1.29, 1.82) is 0 Å². The molecule has 168 valence electrons. The van der Waals surface area contributed by atoms with E-state index in [0.717, 1.165) is 23.3 Å². The normalized spacial score (nSPS) is 17.5. The van der Waals surface area contributed by atoms with Crippen LogP contribution in [0.15, 0.2) is 53.7 Å². The quantitative estimate of drug-likeness (QED) is 0.602. The SMILES string of the molecule is Cc1ccc(C2=NO[C@H](CN(Cc3cccc(Cl)c3)C[C@@H](O)COC(C)(C)C)C2)cc1. The molecule has 0 saturated heterocycles. The number of halogens is 1. The minimum atomic E-state index is -0.600. The molecule has 0 fully saturated rings. The van der Waals surface area contributed by atoms with E-state index in [4.69, 9.17) is 21.2 Å². The van der Waals surface area contributed by atoms with Crippen molar-refractivity contribution in [2.75, 3.05) is 19.7 Å². The number of rotatable bonds is 9. The average molecular weight is 445 g/mol. The third-order valence-corrected chi connectivity index (χ3v) is 5.29. The van der Waals surface area contributed by atoms with Crippen molar-refractivity contribution < 1.29 is 14.7 Å². The van der Waals surface area contributed by atoms with Crippen molar-refractivity contribution in [2.45, 2.75) is 58.5 Å². The summed E-state index contributed by atoms with van der Waals surface area (Å²) in [4.78, 5) is 7.93. The predicted octanol–water partition coefficient (Wildman–Crippen LogP) is 4.82. The van der Waals surface area contributed by atoms with Crippen LogP contribution in [0, 0.1) is 6.92 Å². The van der Waals surface area contributed by atoms with Gasteiger partial charge in [-0.2, -0.15) is 0 Å². The maximum atomic E-state index is 10.6. The van der Waals surface area contributed by atoms with Gasteiger partial charge in [0.25, 0.3) is 0 Å². The Morgan fingerprint density at radius 3 is 2.65 bits per heavy atom. The lowest BCUT2D eigenvalue weighted by Crippen LogP contribution is -2.40. The van der Waals surface area contributed by atoms with E-state index in [2.05, 4.69) is 41.2 Å². The first-order valence-corrected chi connectivity index (χ1v) is 11.1. The van der Waals surface area contributed by atoms with Crippen molar-refractivity contribution >= 4 is 17.3 Å². The summed E-state index contributed by atoms with van der Waals surface area (Å²) >= 11 is 6.17. The zero-order valence-corrected chi connectivity index (χ0v) is 19.6. The van der Waals surface area contributed by atoms with Crippen LogP contribution in [0.2, 0.25) is 5.02 Å². The van der Waals surface area contributed by atoms with Crippen LogP contribution in [0.1, 0.15) is 43.9 Å². The second kappa shape index (κ2) is 10.6. The summed E-state index contributed by atoms with van der Waals surface area (Å²) in [7, 11) is 0. The smallest absolute Gasteiger partial charge is 0.145 e. The van der Waals surface area contributed by atoms with Crippen LogP contribution in [0.25, 0.3) is 0 Å². The Morgan fingerprint density at radius 1 is 1.23 bits per heavy atom. The Hall–Kier alpha value is -1.92. The Balaban J connectivity index is 1.62. The lowest BCUT2D eigenvalue weighted by molar-refractivity contribution is -0.0600. The van der Waals surface area contributed by atoms with Crippen LogP contribution in [0.3, 0.4) is 0 Å². The fraction of sp³-hybridized carbons (Fsp3) is 0.480. The largest absolute Gasteiger partial charge is 0.390 e. The van der Waals surface area contributed by atoms with Gasteiger partial charge < -0.3 is 14.7 Å². The van der Waals surface area contributed by atoms with E-state index in [1.54, 1.807) is 0 Å². The number of aliphatic hydroxyl groups excluding tert-OH is 1. The van der Waals surface area contributed by atoms with Crippen LogP contribution in [0.5, 0.6) is 0 Å². The molecule has 0 radical (unpaired) electrons. The van der Waals surface area contributed by atoms with E-state index in [-0.39, 0.29) is 18.3 Å². The first kappa shape index (κ1) is 23.7. The molecule has 5 nitrogen and oxygen atoms in total. The minimum absolute atomic E-state index is 0.0637. The number of aryl methyl sites for hydroxylation is 1. The van der Waals surface area contributed by atoms with Gasteiger partial charge in [0.2, 0.25) is 0 Å². The predicted molar refractivity (Wildman–Crippen MR) is 126 cm³/mol. The van der Waals surface area contributed by atoms with Crippen molar-refractivity contribution in [2.24, 2.45) is 5.16 Å². The van der Waals surface area contributed by atoms with Gasteiger partial charge in [0.15, 0.2) is 0 Å². The van der Waals surface area contributed by atoms with E-state index >= 15 is 0 Å². The van der Waals surface area contributed by atoms with Crippen LogP contribution in [-0.2, 0) is 16.1 Å². The van der Waals surface area contributed by atoms with Gasteiger partial charge in [-0.25, -0.2) is 0 Å². The van der Waals surface area contributed by atoms with Gasteiger partial charge in [-0.15, -0.1) is 0 Å². The van der Waals surface area contributed by atoms with Gasteiger partial charge in [0.1, 0.15) is 6.10 Å². The van der Waals surface area contributed by atoms with Crippen LogP contribution >= 0.6 is 11.6 Å². The maximum Gasteiger partial charge on any atom is 0.145 e. The molecule has 0 saturated carbocycles. The molecular formula is C25H33ClN2O3. The lowest BCUT2D eigenvalue weighted by Gasteiger charge is -2.28. The molecule has 6 heteroatoms. The van der Waals surface area contributed by atoms with Crippen molar-refractivity contribution in [3.8, 4) is 0 Å². The van der Waals surface area contributed by atoms with Gasteiger partial charge in [0.05, 0.1) is 24.0 Å². The number of hydrogen-bond donors (Lipinski definition) is 1. The first-order chi connectivity index (χ1) is 14.7. The fourth-order valence-corrected chi connectivity index (χ4v) is 3.74. The molecule has 31 heavy (non-hydrogen) atoms. The third-order valence-electron chi connectivity index (χ3n) is 5.05. The molecule has 1 N–H and O–H groups in total. The molecule has 3 rings (SSSR count). The molecule has 1 heterocycles. The Kier molecular flexibility index (Phi) is 8.11. The molecular weight excluding hydrogens is 412 g/mol. The monoisotopic (exact) mass is 444 g/mol. The van der Waals surface area contributed by atoms with Gasteiger partial charge >= 0.3 is 0 Å². The highest BCUT2D eigenvalue weighted by atomic mass is 35.5. The number of oxime groups is 1. The zero-order chi connectivity index (χ0) is 22.4. The van der Waals surface area contributed by atoms with Crippen molar-refractivity contribution in [3.63, 3.8) is 0 Å². The number of ether oxygens (including phenoxy) is 1. The highest BCUT2D eigenvalue weighted by molar-refractivity contribution is 6.30. The Bertz CT molecular complexity index is 877. The molecule has 0 aromatic heterocycles. The molecule has 0 spiro atoms. The van der Waals surface area contributed by atoms with E-state index in [9.17, 15) is 5.11 Å². The van der Waals surface area contributed by atoms with Gasteiger partial charge in [-0.05, 0) is 51.0 Å². The fourth-order valence-electron chi connectivity index (χ4n) is 3.52. The zero-order valence-electron chi connectivity index (χ0n) is 18.8. The number of nitrogens with zero attached hydrogens (tertiary/aromatic N) is 2. The number of aliphatic hydroxyl groups is 1. The topological polar surface area (TPSA) is 54.3 Å². The molecule has 2 aromatic carbocycles. The summed E-state index contributed by atoms with van der Waals surface area (Å²) in [5.41, 5.74) is 4.08. The second-order valence-corrected chi connectivity index (χ2v) is 9.67. The molecule has 1 aliphatic rings. The third kappa shape index (κ3) is 7.93. The van der Waals surface area contributed by atoms with Crippen molar-refractivity contribution in [1.82, 2.24) is 4.90 Å². The molecule has 2 atom stereocenters. The standard InChI is InChI=1S/C25H33ClN2O3/c1-18-8-10-20(11-9-18)24-13-23(31-27-24)16-28(14-19-6-5-7-21(26)12-19)15-22(29)17-30-25(2,3)4/h5-12,22-23,29H,13-17H2,1-4H3/t22-,23+/m1/s1. The molecule has 1 aliphatic heterocycles. The van der Waals surface area contributed by atoms with Gasteiger partial charge in [-0.1, -0.05) is 58.7 Å². The molecule has 0 bridgehead atoms. The van der Waals surface area contributed by atoms with Gasteiger partial charge in [0, 0.05) is 31.1 Å². The van der Waals surface area contributed by atoms with E-state index < -0.39 is 6.10 Å². The lowest BCUT2D eigenvalue weighted by atomic mass is 10.0. The van der Waals surface area contributed by atoms with E-state index in [1.165, 1.54) is 5.56 Å². The van der Waals surface area contributed by atoms with E-state index in [0.29, 0.717) is 24.7 Å². The Morgan fingerprint density at radius 2 is 1.97 bits per heavy atom. The summed E-state index contributed by atoms with van der Waals surface area (Å²) in [6.07, 6.45) is 0.0764. The molecule has 2 aromatic rings. The minimum Gasteiger partial charge on any atom is -0.390 e. The number of benzene rings is 2. The summed E-state index contributed by atoms with van der Waals surface area (Å²) < 4.78 is 5.76. The average Bonchev–Trinajstić information content (AvgIpc) is 3.15. The maximum absolute atomic E-state index is 10.6. The summed E-state index contributed by atoms with van der Waals surface area (Å²) in [6.45, 7) is 10.1. The first-order valence-electron chi connectivity index (χ1n) is 10.8. The van der Waals surface area contributed by atoms with Crippen molar-refractivity contribution in [3.05, 3.63) is 70.2 Å². The van der Waals surface area contributed by atoms with E-state index in [1.807, 2.05) is 45.0 Å². The summed E-state index contributed by atoms with van der Waals surface area (Å²) in [6, 6.07) is 16.1. The van der Waals surface area contributed by atoms with Gasteiger partial charge in [-0.3, -0.25) is 4.90 Å². The highest BCUT2D eigenvalue weighted by Gasteiger charge is 2.26. The summed E-state index contributed by atoms with van der Waals surface area (Å²) in [5.74, 6) is 0. The molecule has 0 unspecified atom stereocenters. The summed E-state index contributed by atoms with van der Waals surface area (Å²) in [5, 5.41) is 15.6. The number of hydrogen-bond acceptors (Lipinski definition) is 5. The van der Waals surface area contributed by atoms with Crippen LogP contribution < -0.4 is 0 Å². The molecule has 0 amide bonds. The highest BCUT2D eigenvalue weighted by Crippen LogP contribution is 2.20.